The first-order chi connectivity index (χ1) is 13.0. The van der Waals surface area contributed by atoms with Crippen LogP contribution in [0.4, 0.5) is 4.79 Å². The summed E-state index contributed by atoms with van der Waals surface area (Å²) in [6, 6.07) is 3.77. The first kappa shape index (κ1) is 20.2. The van der Waals surface area contributed by atoms with Crippen LogP contribution in [0.25, 0.3) is 0 Å². The molecule has 2 heterocycles. The highest BCUT2D eigenvalue weighted by Crippen LogP contribution is 2.37. The van der Waals surface area contributed by atoms with Gasteiger partial charge in [0.05, 0.1) is 31.9 Å². The summed E-state index contributed by atoms with van der Waals surface area (Å²) in [5, 5.41) is 2.79. The topological polar surface area (TPSA) is 69.3 Å². The van der Waals surface area contributed by atoms with Crippen molar-refractivity contribution in [3.8, 4) is 11.5 Å². The van der Waals surface area contributed by atoms with E-state index >= 15 is 0 Å². The van der Waals surface area contributed by atoms with Gasteiger partial charge in [0.25, 0.3) is 0 Å². The Morgan fingerprint density at radius 1 is 1.30 bits per heavy atom. The van der Waals surface area contributed by atoms with Gasteiger partial charge < -0.3 is 24.3 Å². The second-order valence-electron chi connectivity index (χ2n) is 7.13. The Hall–Kier alpha value is -1.51. The molecule has 2 aliphatic rings. The fourth-order valence-corrected chi connectivity index (χ4v) is 4.07. The van der Waals surface area contributed by atoms with Gasteiger partial charge in [-0.05, 0) is 53.0 Å². The quantitative estimate of drug-likeness (QED) is 0.666. The maximum atomic E-state index is 11.9. The van der Waals surface area contributed by atoms with Crippen molar-refractivity contribution < 1.29 is 23.7 Å². The minimum Gasteiger partial charge on any atom is -0.496 e. The summed E-state index contributed by atoms with van der Waals surface area (Å²) in [6.45, 7) is 5.47. The van der Waals surface area contributed by atoms with Crippen LogP contribution < -0.4 is 14.8 Å². The van der Waals surface area contributed by atoms with Crippen molar-refractivity contribution in [3.05, 3.63) is 22.2 Å². The number of hydrogen-bond acceptors (Lipinski definition) is 6. The van der Waals surface area contributed by atoms with Gasteiger partial charge in [-0.15, -0.1) is 0 Å². The van der Waals surface area contributed by atoms with E-state index in [1.54, 1.807) is 14.2 Å². The van der Waals surface area contributed by atoms with Crippen molar-refractivity contribution in [2.45, 2.75) is 12.8 Å². The smallest absolute Gasteiger partial charge is 0.407 e. The van der Waals surface area contributed by atoms with Crippen molar-refractivity contribution in [2.75, 3.05) is 60.2 Å². The molecule has 1 aromatic rings. The van der Waals surface area contributed by atoms with Gasteiger partial charge in [-0.1, -0.05) is 0 Å². The van der Waals surface area contributed by atoms with Gasteiger partial charge in [0, 0.05) is 25.0 Å². The van der Waals surface area contributed by atoms with Crippen LogP contribution in [-0.4, -0.2) is 71.2 Å². The molecule has 0 atom stereocenters. The van der Waals surface area contributed by atoms with Crippen molar-refractivity contribution in [3.63, 3.8) is 0 Å². The molecule has 0 saturated carbocycles. The maximum absolute atomic E-state index is 11.9. The summed E-state index contributed by atoms with van der Waals surface area (Å²) >= 11 is 3.44. The Morgan fingerprint density at radius 3 is 2.70 bits per heavy atom. The minimum atomic E-state index is -0.390. The van der Waals surface area contributed by atoms with Gasteiger partial charge in [0.15, 0.2) is 0 Å². The molecule has 0 unspecified atom stereocenters. The van der Waals surface area contributed by atoms with Crippen LogP contribution in [0.1, 0.15) is 12.0 Å². The van der Waals surface area contributed by atoms with Crippen LogP contribution >= 0.6 is 15.9 Å². The normalized spacial score (nSPS) is 18.2. The average molecular weight is 443 g/mol. The molecule has 7 nitrogen and oxygen atoms in total. The van der Waals surface area contributed by atoms with E-state index in [1.807, 2.05) is 12.1 Å². The molecule has 150 valence electrons. The molecule has 0 aliphatic carbocycles. The van der Waals surface area contributed by atoms with E-state index in [0.717, 1.165) is 54.4 Å². The van der Waals surface area contributed by atoms with E-state index in [0.29, 0.717) is 25.0 Å². The lowest BCUT2D eigenvalue weighted by atomic mass is 9.85. The Labute approximate surface area is 168 Å². The van der Waals surface area contributed by atoms with Crippen molar-refractivity contribution in [1.82, 2.24) is 10.2 Å². The molecule has 0 radical (unpaired) electrons. The molecular formula is C19H27BrN2O5. The molecule has 1 N–H and O–H groups in total. The highest BCUT2D eigenvalue weighted by molar-refractivity contribution is 9.10. The van der Waals surface area contributed by atoms with E-state index in [2.05, 4.69) is 26.1 Å². The van der Waals surface area contributed by atoms with Crippen LogP contribution in [0.3, 0.4) is 0 Å². The van der Waals surface area contributed by atoms with Crippen LogP contribution in [0, 0.1) is 5.41 Å². The van der Waals surface area contributed by atoms with Gasteiger partial charge in [-0.2, -0.15) is 0 Å². The van der Waals surface area contributed by atoms with Gasteiger partial charge in [0.2, 0.25) is 0 Å². The van der Waals surface area contributed by atoms with Gasteiger partial charge in [0.1, 0.15) is 18.1 Å². The summed E-state index contributed by atoms with van der Waals surface area (Å²) in [7, 11) is 3.24. The zero-order chi connectivity index (χ0) is 19.3. The van der Waals surface area contributed by atoms with Gasteiger partial charge in [-0.3, -0.25) is 4.90 Å². The number of methoxy groups -OCH3 is 2. The van der Waals surface area contributed by atoms with E-state index in [4.69, 9.17) is 18.9 Å². The summed E-state index contributed by atoms with van der Waals surface area (Å²) in [5.74, 6) is 1.48. The standard InChI is InChI=1S/C19H27BrN2O5/c1-24-16-10-15(20)17(25-2)9-14(16)3-5-21-18(23)27-8-7-22-6-4-19(11-22)12-26-13-19/h9-10H,3-8,11-13H2,1-2H3,(H,21,23). The van der Waals surface area contributed by atoms with E-state index in [9.17, 15) is 4.79 Å². The lowest BCUT2D eigenvalue weighted by Gasteiger charge is -2.37. The minimum absolute atomic E-state index is 0.368. The summed E-state index contributed by atoms with van der Waals surface area (Å²) in [6.07, 6.45) is 1.41. The van der Waals surface area contributed by atoms with Crippen molar-refractivity contribution in [2.24, 2.45) is 5.41 Å². The first-order valence-electron chi connectivity index (χ1n) is 9.16. The number of carbonyl (C=O) groups is 1. The van der Waals surface area contributed by atoms with Crippen LogP contribution in [0.5, 0.6) is 11.5 Å². The number of carbonyl (C=O) groups excluding carboxylic acids is 1. The zero-order valence-electron chi connectivity index (χ0n) is 15.9. The van der Waals surface area contributed by atoms with Crippen LogP contribution in [0.15, 0.2) is 16.6 Å². The van der Waals surface area contributed by atoms with E-state index in [-0.39, 0.29) is 6.09 Å². The van der Waals surface area contributed by atoms with Crippen LogP contribution in [0.2, 0.25) is 0 Å². The largest absolute Gasteiger partial charge is 0.496 e. The number of benzene rings is 1. The molecule has 0 bridgehead atoms. The number of likely N-dealkylation sites (tertiary alicyclic amines) is 1. The third kappa shape index (κ3) is 5.06. The zero-order valence-corrected chi connectivity index (χ0v) is 17.5. The second-order valence-corrected chi connectivity index (χ2v) is 7.98. The highest BCUT2D eigenvalue weighted by atomic mass is 79.9. The number of hydrogen-bond donors (Lipinski definition) is 1. The van der Waals surface area contributed by atoms with Crippen molar-refractivity contribution >= 4 is 22.0 Å². The molecule has 27 heavy (non-hydrogen) atoms. The molecule has 0 aromatic heterocycles. The summed E-state index contributed by atoms with van der Waals surface area (Å²) in [5.41, 5.74) is 1.33. The van der Waals surface area contributed by atoms with E-state index < -0.39 is 0 Å². The molecule has 2 saturated heterocycles. The van der Waals surface area contributed by atoms with E-state index in [1.165, 1.54) is 6.42 Å². The SMILES string of the molecule is COc1cc(CCNC(=O)OCCN2CCC3(COC3)C2)c(OC)cc1Br. The molecular weight excluding hydrogens is 416 g/mol. The molecule has 3 rings (SSSR count). The number of nitrogens with one attached hydrogen (secondary N) is 1. The van der Waals surface area contributed by atoms with Gasteiger partial charge in [-0.25, -0.2) is 4.79 Å². The molecule has 1 amide bonds. The molecule has 2 aliphatic heterocycles. The Balaban J connectivity index is 1.36. The monoisotopic (exact) mass is 442 g/mol. The lowest BCUT2D eigenvalue weighted by Crippen LogP contribution is -2.45. The number of amides is 1. The lowest BCUT2D eigenvalue weighted by molar-refractivity contribution is -0.105. The number of halogens is 1. The first-order valence-corrected chi connectivity index (χ1v) is 9.96. The predicted molar refractivity (Wildman–Crippen MR) is 105 cm³/mol. The fourth-order valence-electron chi connectivity index (χ4n) is 3.58. The van der Waals surface area contributed by atoms with Crippen molar-refractivity contribution in [1.29, 1.82) is 0 Å². The maximum Gasteiger partial charge on any atom is 0.407 e. The van der Waals surface area contributed by atoms with Crippen LogP contribution in [-0.2, 0) is 15.9 Å². The Morgan fingerprint density at radius 2 is 2.07 bits per heavy atom. The highest BCUT2D eigenvalue weighted by Gasteiger charge is 2.44. The average Bonchev–Trinajstić information content (AvgIpc) is 3.07. The third-order valence-corrected chi connectivity index (χ3v) is 5.81. The Kier molecular flexibility index (Phi) is 6.83. The summed E-state index contributed by atoms with van der Waals surface area (Å²) in [4.78, 5) is 14.2. The number of nitrogens with zero attached hydrogens (tertiary/aromatic N) is 1. The predicted octanol–water partition coefficient (Wildman–Crippen LogP) is 2.46. The molecule has 1 spiro atoms. The number of alkyl carbamates (subject to hydrolysis) is 1. The fraction of sp³-hybridized carbons (Fsp3) is 0.632. The molecule has 2 fully saturated rings. The molecule has 8 heteroatoms. The number of ether oxygens (including phenoxy) is 4. The second kappa shape index (κ2) is 9.12. The molecule has 1 aromatic carbocycles. The number of rotatable bonds is 8. The summed E-state index contributed by atoms with van der Waals surface area (Å²) < 4.78 is 22.2. The van der Waals surface area contributed by atoms with Gasteiger partial charge >= 0.3 is 6.09 Å². The third-order valence-electron chi connectivity index (χ3n) is 5.19. The Bertz CT molecular complexity index is 666.